The number of hydrogen-bond acceptors (Lipinski definition) is 3. The third-order valence-electron chi connectivity index (χ3n) is 3.83. The summed E-state index contributed by atoms with van der Waals surface area (Å²) >= 11 is 0. The van der Waals surface area contributed by atoms with Crippen molar-refractivity contribution in [1.29, 1.82) is 0 Å². The summed E-state index contributed by atoms with van der Waals surface area (Å²) in [6.45, 7) is 5.82. The van der Waals surface area contributed by atoms with Gasteiger partial charge in [-0.15, -0.1) is 0 Å². The van der Waals surface area contributed by atoms with Gasteiger partial charge in [0, 0.05) is 5.69 Å². The van der Waals surface area contributed by atoms with Crippen LogP contribution in [0, 0.1) is 13.8 Å². The Bertz CT molecular complexity index is 821. The molecule has 0 bridgehead atoms. The van der Waals surface area contributed by atoms with Crippen LogP contribution in [-0.4, -0.2) is 16.1 Å². The van der Waals surface area contributed by atoms with Crippen LogP contribution in [0.3, 0.4) is 0 Å². The normalized spacial score (nSPS) is 12.1. The number of nitrogens with zero attached hydrogens (tertiary/aromatic N) is 1. The number of anilines is 1. The zero-order chi connectivity index (χ0) is 16.4. The molecule has 5 heteroatoms. The number of aryl methyl sites for hydroxylation is 2. The molecule has 3 rings (SSSR count). The molecule has 2 aromatic carbocycles. The number of amides is 1. The molecule has 2 N–H and O–H groups in total. The molecule has 0 aliphatic rings. The summed E-state index contributed by atoms with van der Waals surface area (Å²) < 4.78 is 5.40. The maximum absolute atomic E-state index is 12.0. The van der Waals surface area contributed by atoms with Crippen molar-refractivity contribution in [3.63, 3.8) is 0 Å². The number of para-hydroxylation sites is 2. The molecule has 0 spiro atoms. The summed E-state index contributed by atoms with van der Waals surface area (Å²) in [6.07, 6.45) is -0.963. The Morgan fingerprint density at radius 3 is 2.70 bits per heavy atom. The first-order chi connectivity index (χ1) is 11.0. The number of carbonyl (C=O) groups is 1. The number of nitrogens with one attached hydrogen (secondary N) is 2. The highest BCUT2D eigenvalue weighted by Gasteiger charge is 2.15. The third-order valence-corrected chi connectivity index (χ3v) is 3.83. The number of aromatic amines is 1. The largest absolute Gasteiger partial charge is 0.438 e. The molecule has 0 aliphatic heterocycles. The summed E-state index contributed by atoms with van der Waals surface area (Å²) in [7, 11) is 0. The molecule has 0 saturated heterocycles. The van der Waals surface area contributed by atoms with Crippen LogP contribution in [-0.2, 0) is 4.74 Å². The Morgan fingerprint density at radius 2 is 1.96 bits per heavy atom. The van der Waals surface area contributed by atoms with E-state index in [4.69, 9.17) is 4.74 Å². The first-order valence-corrected chi connectivity index (χ1v) is 7.52. The number of rotatable bonds is 3. The van der Waals surface area contributed by atoms with Gasteiger partial charge in [-0.1, -0.05) is 18.2 Å². The fourth-order valence-corrected chi connectivity index (χ4v) is 2.35. The minimum absolute atomic E-state index is 0.464. The second-order valence-corrected chi connectivity index (χ2v) is 5.61. The van der Waals surface area contributed by atoms with Gasteiger partial charge in [0.15, 0.2) is 6.10 Å². The molecule has 0 saturated carbocycles. The molecule has 0 radical (unpaired) electrons. The SMILES string of the molecule is Cc1ccc(NC(=O)OC(C)c2nc3ccccc3[nH]2)cc1C. The van der Waals surface area contributed by atoms with Crippen LogP contribution in [0.25, 0.3) is 11.0 Å². The van der Waals surface area contributed by atoms with E-state index >= 15 is 0 Å². The molecular weight excluding hydrogens is 290 g/mol. The van der Waals surface area contributed by atoms with E-state index in [1.165, 1.54) is 5.56 Å². The first kappa shape index (κ1) is 15.1. The van der Waals surface area contributed by atoms with E-state index in [1.54, 1.807) is 6.92 Å². The Labute approximate surface area is 134 Å². The molecule has 5 nitrogen and oxygen atoms in total. The van der Waals surface area contributed by atoms with Crippen molar-refractivity contribution in [1.82, 2.24) is 9.97 Å². The molecule has 1 amide bonds. The highest BCUT2D eigenvalue weighted by molar-refractivity contribution is 5.85. The third kappa shape index (κ3) is 3.34. The standard InChI is InChI=1S/C18H19N3O2/c1-11-8-9-14(10-12(11)2)19-18(22)23-13(3)17-20-15-6-4-5-7-16(15)21-17/h4-10,13H,1-3H3,(H,19,22)(H,20,21). The van der Waals surface area contributed by atoms with Gasteiger partial charge in [-0.05, 0) is 56.2 Å². The maximum atomic E-state index is 12.0. The molecule has 1 atom stereocenters. The van der Waals surface area contributed by atoms with E-state index in [1.807, 2.05) is 56.3 Å². The minimum Gasteiger partial charge on any atom is -0.438 e. The number of fused-ring (bicyclic) bond motifs is 1. The van der Waals surface area contributed by atoms with Crippen molar-refractivity contribution in [2.75, 3.05) is 5.32 Å². The Kier molecular flexibility index (Phi) is 4.02. The fraction of sp³-hybridized carbons (Fsp3) is 0.222. The van der Waals surface area contributed by atoms with Crippen molar-refractivity contribution in [2.24, 2.45) is 0 Å². The Hall–Kier alpha value is -2.82. The number of benzene rings is 2. The van der Waals surface area contributed by atoms with Crippen molar-refractivity contribution >= 4 is 22.8 Å². The number of carbonyl (C=O) groups excluding carboxylic acids is 1. The van der Waals surface area contributed by atoms with Crippen molar-refractivity contribution < 1.29 is 9.53 Å². The molecule has 3 aromatic rings. The highest BCUT2D eigenvalue weighted by Crippen LogP contribution is 2.20. The van der Waals surface area contributed by atoms with Gasteiger partial charge >= 0.3 is 6.09 Å². The summed E-state index contributed by atoms with van der Waals surface area (Å²) in [6, 6.07) is 13.4. The van der Waals surface area contributed by atoms with E-state index in [0.29, 0.717) is 5.82 Å². The number of H-pyrrole nitrogens is 1. The van der Waals surface area contributed by atoms with Gasteiger partial charge in [-0.3, -0.25) is 5.32 Å². The lowest BCUT2D eigenvalue weighted by Gasteiger charge is -2.12. The minimum atomic E-state index is -0.499. The van der Waals surface area contributed by atoms with Crippen molar-refractivity contribution in [3.05, 3.63) is 59.4 Å². The van der Waals surface area contributed by atoms with E-state index < -0.39 is 12.2 Å². The van der Waals surface area contributed by atoms with Gasteiger partial charge in [0.25, 0.3) is 0 Å². The van der Waals surface area contributed by atoms with Gasteiger partial charge in [0.2, 0.25) is 0 Å². The lowest BCUT2D eigenvalue weighted by Crippen LogP contribution is -2.16. The molecule has 0 fully saturated rings. The maximum Gasteiger partial charge on any atom is 0.412 e. The molecule has 23 heavy (non-hydrogen) atoms. The smallest absolute Gasteiger partial charge is 0.412 e. The van der Waals surface area contributed by atoms with E-state index in [-0.39, 0.29) is 0 Å². The van der Waals surface area contributed by atoms with Crippen LogP contribution in [0.2, 0.25) is 0 Å². The molecule has 1 aromatic heterocycles. The summed E-state index contributed by atoms with van der Waals surface area (Å²) in [5.41, 5.74) is 4.79. The summed E-state index contributed by atoms with van der Waals surface area (Å²) in [4.78, 5) is 19.6. The number of aromatic nitrogens is 2. The van der Waals surface area contributed by atoms with E-state index in [9.17, 15) is 4.79 Å². The molecule has 1 unspecified atom stereocenters. The van der Waals surface area contributed by atoms with Gasteiger partial charge in [-0.25, -0.2) is 9.78 Å². The number of ether oxygens (including phenoxy) is 1. The highest BCUT2D eigenvalue weighted by atomic mass is 16.6. The monoisotopic (exact) mass is 309 g/mol. The van der Waals surface area contributed by atoms with Gasteiger partial charge in [0.05, 0.1) is 11.0 Å². The number of hydrogen-bond donors (Lipinski definition) is 2. The predicted octanol–water partition coefficient (Wildman–Crippen LogP) is 4.49. The summed E-state index contributed by atoms with van der Waals surface area (Å²) in [5, 5.41) is 2.74. The van der Waals surface area contributed by atoms with Crippen molar-refractivity contribution in [3.8, 4) is 0 Å². The van der Waals surface area contributed by atoms with Gasteiger partial charge in [0.1, 0.15) is 5.82 Å². The van der Waals surface area contributed by atoms with Crippen LogP contribution in [0.4, 0.5) is 10.5 Å². The van der Waals surface area contributed by atoms with Crippen LogP contribution >= 0.6 is 0 Å². The number of imidazole rings is 1. The zero-order valence-electron chi connectivity index (χ0n) is 13.4. The van der Waals surface area contributed by atoms with Gasteiger partial charge in [-0.2, -0.15) is 0 Å². The predicted molar refractivity (Wildman–Crippen MR) is 90.5 cm³/mol. The molecule has 1 heterocycles. The fourth-order valence-electron chi connectivity index (χ4n) is 2.35. The topological polar surface area (TPSA) is 67.0 Å². The van der Waals surface area contributed by atoms with E-state index in [0.717, 1.165) is 22.3 Å². The van der Waals surface area contributed by atoms with Crippen LogP contribution < -0.4 is 5.32 Å². The zero-order valence-corrected chi connectivity index (χ0v) is 13.4. The lowest BCUT2D eigenvalue weighted by molar-refractivity contribution is 0.117. The van der Waals surface area contributed by atoms with E-state index in [2.05, 4.69) is 15.3 Å². The van der Waals surface area contributed by atoms with Crippen LogP contribution in [0.1, 0.15) is 30.0 Å². The molecular formula is C18H19N3O2. The Morgan fingerprint density at radius 1 is 1.17 bits per heavy atom. The average molecular weight is 309 g/mol. The van der Waals surface area contributed by atoms with Gasteiger partial charge < -0.3 is 9.72 Å². The molecule has 118 valence electrons. The second-order valence-electron chi connectivity index (χ2n) is 5.61. The second kappa shape index (κ2) is 6.12. The Balaban J connectivity index is 1.67. The van der Waals surface area contributed by atoms with Crippen LogP contribution in [0.5, 0.6) is 0 Å². The lowest BCUT2D eigenvalue weighted by atomic mass is 10.1. The molecule has 0 aliphatic carbocycles. The quantitative estimate of drug-likeness (QED) is 0.749. The average Bonchev–Trinajstić information content (AvgIpc) is 2.95. The summed E-state index contributed by atoms with van der Waals surface area (Å²) in [5.74, 6) is 0.626. The van der Waals surface area contributed by atoms with Crippen LogP contribution in [0.15, 0.2) is 42.5 Å². The first-order valence-electron chi connectivity index (χ1n) is 7.52. The van der Waals surface area contributed by atoms with Crippen molar-refractivity contribution in [2.45, 2.75) is 26.9 Å².